The van der Waals surface area contributed by atoms with Crippen molar-refractivity contribution in [3.8, 4) is 0 Å². The molecule has 0 spiro atoms. The van der Waals surface area contributed by atoms with E-state index in [1.807, 2.05) is 0 Å². The van der Waals surface area contributed by atoms with E-state index in [4.69, 9.17) is 0 Å². The highest BCUT2D eigenvalue weighted by atomic mass is 16.2. The summed E-state index contributed by atoms with van der Waals surface area (Å²) in [6.45, 7) is 2.75. The summed E-state index contributed by atoms with van der Waals surface area (Å²) < 4.78 is 0. The van der Waals surface area contributed by atoms with Crippen molar-refractivity contribution in [1.29, 1.82) is 0 Å². The third-order valence-corrected chi connectivity index (χ3v) is 4.83. The van der Waals surface area contributed by atoms with Gasteiger partial charge in [0.05, 0.1) is 0 Å². The highest BCUT2D eigenvalue weighted by Gasteiger charge is 2.21. The van der Waals surface area contributed by atoms with E-state index in [0.29, 0.717) is 6.54 Å². The Kier molecular flexibility index (Phi) is 10.8. The first-order valence-electron chi connectivity index (χ1n) is 9.71. The van der Waals surface area contributed by atoms with Crippen molar-refractivity contribution in [1.82, 2.24) is 10.2 Å². The summed E-state index contributed by atoms with van der Waals surface area (Å²) in [7, 11) is 1.72. The molecular weight excluding hydrogens is 288 g/mol. The van der Waals surface area contributed by atoms with Crippen LogP contribution in [-0.4, -0.2) is 36.3 Å². The largest absolute Gasteiger partial charge is 0.345 e. The van der Waals surface area contributed by atoms with Crippen molar-refractivity contribution >= 4 is 11.8 Å². The van der Waals surface area contributed by atoms with Gasteiger partial charge in [-0.1, -0.05) is 71.1 Å². The number of hydrogen-bond donors (Lipinski definition) is 1. The number of carbonyl (C=O) groups excluding carboxylic acids is 2. The average molecular weight is 325 g/mol. The van der Waals surface area contributed by atoms with Gasteiger partial charge in [0.1, 0.15) is 0 Å². The molecule has 0 unspecified atom stereocenters. The number of rotatable bonds is 4. The number of carbonyl (C=O) groups is 2. The molecule has 0 radical (unpaired) electrons. The van der Waals surface area contributed by atoms with Gasteiger partial charge in [0, 0.05) is 19.6 Å². The van der Waals surface area contributed by atoms with E-state index in [2.05, 4.69) is 12.2 Å². The highest BCUT2D eigenvalue weighted by molar-refractivity contribution is 6.35. The molecule has 134 valence electrons. The highest BCUT2D eigenvalue weighted by Crippen LogP contribution is 2.17. The van der Waals surface area contributed by atoms with Gasteiger partial charge < -0.3 is 10.2 Å². The van der Waals surface area contributed by atoms with Crippen LogP contribution in [0, 0.1) is 0 Å². The lowest BCUT2D eigenvalue weighted by Crippen LogP contribution is -2.45. The lowest BCUT2D eigenvalue weighted by Gasteiger charge is -2.21. The van der Waals surface area contributed by atoms with Crippen molar-refractivity contribution in [3.63, 3.8) is 0 Å². The fraction of sp³-hybridized carbons (Fsp3) is 0.895. The third kappa shape index (κ3) is 8.97. The molecule has 2 amide bonds. The number of unbranched alkanes of at least 4 members (excludes halogenated alkanes) is 1. The summed E-state index contributed by atoms with van der Waals surface area (Å²) in [4.78, 5) is 25.9. The molecule has 0 aromatic heterocycles. The molecule has 1 rings (SSSR count). The fourth-order valence-electron chi connectivity index (χ4n) is 3.22. The van der Waals surface area contributed by atoms with Gasteiger partial charge in [-0.15, -0.1) is 0 Å². The van der Waals surface area contributed by atoms with Gasteiger partial charge in [0.2, 0.25) is 0 Å². The third-order valence-electron chi connectivity index (χ3n) is 4.83. The second kappa shape index (κ2) is 12.4. The summed E-state index contributed by atoms with van der Waals surface area (Å²) in [6, 6.07) is 0.172. The Bertz CT molecular complexity index is 332. The Morgan fingerprint density at radius 2 is 1.39 bits per heavy atom. The molecular formula is C19H36N2O2. The smallest absolute Gasteiger partial charge is 0.311 e. The van der Waals surface area contributed by atoms with E-state index in [1.54, 1.807) is 11.9 Å². The van der Waals surface area contributed by atoms with Gasteiger partial charge >= 0.3 is 11.8 Å². The number of nitrogens with one attached hydrogen (secondary N) is 1. The quantitative estimate of drug-likeness (QED) is 0.794. The number of likely N-dealkylation sites (N-methyl/N-ethyl adjacent to an activating group) is 1. The SMILES string of the molecule is CCCCN(C)C(=O)C(=O)NC1CCCCCCCCCCC1. The number of nitrogens with zero attached hydrogens (tertiary/aromatic N) is 1. The van der Waals surface area contributed by atoms with E-state index >= 15 is 0 Å². The normalized spacial score (nSPS) is 18.5. The molecule has 4 nitrogen and oxygen atoms in total. The van der Waals surface area contributed by atoms with Crippen molar-refractivity contribution in [3.05, 3.63) is 0 Å². The molecule has 0 heterocycles. The van der Waals surface area contributed by atoms with E-state index in [9.17, 15) is 9.59 Å². The lowest BCUT2D eigenvalue weighted by molar-refractivity contribution is -0.145. The first-order valence-corrected chi connectivity index (χ1v) is 9.71. The zero-order valence-electron chi connectivity index (χ0n) is 15.2. The van der Waals surface area contributed by atoms with E-state index in [1.165, 1.54) is 44.9 Å². The topological polar surface area (TPSA) is 49.4 Å². The van der Waals surface area contributed by atoms with E-state index in [0.717, 1.165) is 38.5 Å². The maximum atomic E-state index is 12.2. The van der Waals surface area contributed by atoms with Crippen molar-refractivity contribution in [2.75, 3.05) is 13.6 Å². The molecule has 0 aromatic carbocycles. The first kappa shape index (κ1) is 20.0. The van der Waals surface area contributed by atoms with Crippen LogP contribution >= 0.6 is 0 Å². The molecule has 0 bridgehead atoms. The van der Waals surface area contributed by atoms with Crippen LogP contribution in [0.1, 0.15) is 90.4 Å². The second-order valence-electron chi connectivity index (χ2n) is 7.01. The van der Waals surface area contributed by atoms with Crippen molar-refractivity contribution < 1.29 is 9.59 Å². The average Bonchev–Trinajstić information content (AvgIpc) is 2.54. The van der Waals surface area contributed by atoms with Crippen LogP contribution in [0.2, 0.25) is 0 Å². The molecule has 0 aromatic rings. The van der Waals surface area contributed by atoms with Gasteiger partial charge in [0.15, 0.2) is 0 Å². The Morgan fingerprint density at radius 3 is 1.87 bits per heavy atom. The first-order chi connectivity index (χ1) is 11.1. The standard InChI is InChI=1S/C19H36N2O2/c1-3-4-16-21(2)19(23)18(22)20-17-14-12-10-8-6-5-7-9-11-13-15-17/h17H,3-16H2,1-2H3,(H,20,22). The maximum Gasteiger partial charge on any atom is 0.311 e. The Labute approximate surface area is 142 Å². The minimum atomic E-state index is -0.416. The predicted octanol–water partition coefficient (Wildman–Crippen LogP) is 4.03. The van der Waals surface area contributed by atoms with Gasteiger partial charge in [-0.05, 0) is 19.3 Å². The van der Waals surface area contributed by atoms with E-state index < -0.39 is 5.91 Å². The second-order valence-corrected chi connectivity index (χ2v) is 7.01. The molecule has 0 atom stereocenters. The molecule has 0 aliphatic heterocycles. The molecule has 23 heavy (non-hydrogen) atoms. The van der Waals surface area contributed by atoms with Crippen LogP contribution in [0.5, 0.6) is 0 Å². The minimum Gasteiger partial charge on any atom is -0.345 e. The molecule has 4 heteroatoms. The summed E-state index contributed by atoms with van der Waals surface area (Å²) in [5.41, 5.74) is 0. The van der Waals surface area contributed by atoms with Crippen LogP contribution < -0.4 is 5.32 Å². The molecule has 1 aliphatic carbocycles. The zero-order valence-corrected chi connectivity index (χ0v) is 15.2. The number of amides is 2. The molecule has 1 fully saturated rings. The predicted molar refractivity (Wildman–Crippen MR) is 95.3 cm³/mol. The van der Waals surface area contributed by atoms with Gasteiger partial charge in [-0.25, -0.2) is 0 Å². The summed E-state index contributed by atoms with van der Waals surface area (Å²) in [5.74, 6) is -0.801. The lowest BCUT2D eigenvalue weighted by atomic mass is 9.98. The zero-order chi connectivity index (χ0) is 16.9. The maximum absolute atomic E-state index is 12.2. The summed E-state index contributed by atoms with van der Waals surface area (Å²) in [5, 5.41) is 3.00. The van der Waals surface area contributed by atoms with Crippen LogP contribution in [0.4, 0.5) is 0 Å². The van der Waals surface area contributed by atoms with Crippen molar-refractivity contribution in [2.24, 2.45) is 0 Å². The molecule has 1 N–H and O–H groups in total. The number of hydrogen-bond acceptors (Lipinski definition) is 2. The summed E-state index contributed by atoms with van der Waals surface area (Å²) >= 11 is 0. The fourth-order valence-corrected chi connectivity index (χ4v) is 3.22. The Balaban J connectivity index is 2.42. The molecule has 1 saturated carbocycles. The van der Waals surface area contributed by atoms with Crippen LogP contribution in [0.3, 0.4) is 0 Å². The van der Waals surface area contributed by atoms with Gasteiger partial charge in [-0.3, -0.25) is 9.59 Å². The molecule has 1 aliphatic rings. The molecule has 0 saturated heterocycles. The van der Waals surface area contributed by atoms with Gasteiger partial charge in [-0.2, -0.15) is 0 Å². The van der Waals surface area contributed by atoms with Crippen LogP contribution in [0.25, 0.3) is 0 Å². The monoisotopic (exact) mass is 324 g/mol. The van der Waals surface area contributed by atoms with Crippen LogP contribution in [-0.2, 0) is 9.59 Å². The van der Waals surface area contributed by atoms with Crippen LogP contribution in [0.15, 0.2) is 0 Å². The Hall–Kier alpha value is -1.06. The minimum absolute atomic E-state index is 0.172. The summed E-state index contributed by atoms with van der Waals surface area (Å²) in [6.07, 6.45) is 15.5. The van der Waals surface area contributed by atoms with Crippen molar-refractivity contribution in [2.45, 2.75) is 96.4 Å². The Morgan fingerprint density at radius 1 is 0.913 bits per heavy atom. The van der Waals surface area contributed by atoms with E-state index in [-0.39, 0.29) is 11.9 Å². The van der Waals surface area contributed by atoms with Gasteiger partial charge in [0.25, 0.3) is 0 Å².